The summed E-state index contributed by atoms with van der Waals surface area (Å²) in [5, 5.41) is 3.41. The fourth-order valence-electron chi connectivity index (χ4n) is 1.64. The predicted molar refractivity (Wildman–Crippen MR) is 87.2 cm³/mol. The van der Waals surface area contributed by atoms with Gasteiger partial charge in [-0.2, -0.15) is 0 Å². The van der Waals surface area contributed by atoms with Gasteiger partial charge in [-0.15, -0.1) is 0 Å². The van der Waals surface area contributed by atoms with Crippen LogP contribution in [0.1, 0.15) is 46.9 Å². The van der Waals surface area contributed by atoms with Crippen LogP contribution >= 0.6 is 15.9 Å². The van der Waals surface area contributed by atoms with Gasteiger partial charge in [-0.1, -0.05) is 34.6 Å². The van der Waals surface area contributed by atoms with Crippen molar-refractivity contribution in [2.45, 2.75) is 46.5 Å². The van der Waals surface area contributed by atoms with E-state index in [1.807, 2.05) is 6.07 Å². The maximum absolute atomic E-state index is 5.15. The number of nitrogens with zero attached hydrogens (tertiary/aromatic N) is 2. The Kier molecular flexibility index (Phi) is 5.95. The average Bonchev–Trinajstić information content (AvgIpc) is 2.32. The quantitative estimate of drug-likeness (QED) is 0.792. The summed E-state index contributed by atoms with van der Waals surface area (Å²) in [6.07, 6.45) is 1.01. The standard InChI is InChI=1S/C15H26BrN3O/c1-14(2,3)13-18-11(16)9-12(19-13)17-10-15(4,5)7-8-20-6/h9H,7-8,10H2,1-6H3,(H,17,18,19). The molecular weight excluding hydrogens is 318 g/mol. The summed E-state index contributed by atoms with van der Waals surface area (Å²) < 4.78 is 5.97. The molecule has 20 heavy (non-hydrogen) atoms. The molecule has 0 saturated carbocycles. The molecule has 1 aromatic heterocycles. The molecule has 0 atom stereocenters. The number of halogens is 1. The third-order valence-electron chi connectivity index (χ3n) is 3.10. The van der Waals surface area contributed by atoms with E-state index in [-0.39, 0.29) is 10.8 Å². The molecule has 114 valence electrons. The topological polar surface area (TPSA) is 47.0 Å². The minimum absolute atomic E-state index is 0.0637. The molecule has 0 unspecified atom stereocenters. The summed E-state index contributed by atoms with van der Waals surface area (Å²) in [4.78, 5) is 9.05. The van der Waals surface area contributed by atoms with Crippen LogP contribution in [0.15, 0.2) is 10.7 Å². The first-order valence-electron chi connectivity index (χ1n) is 6.92. The van der Waals surface area contributed by atoms with Crippen LogP contribution in [0, 0.1) is 5.41 Å². The molecule has 0 aliphatic heterocycles. The molecule has 0 bridgehead atoms. The highest BCUT2D eigenvalue weighted by Crippen LogP contribution is 2.24. The molecule has 1 heterocycles. The minimum atomic E-state index is -0.0637. The monoisotopic (exact) mass is 343 g/mol. The number of rotatable bonds is 6. The van der Waals surface area contributed by atoms with Gasteiger partial charge in [0.15, 0.2) is 0 Å². The minimum Gasteiger partial charge on any atom is -0.385 e. The van der Waals surface area contributed by atoms with E-state index < -0.39 is 0 Å². The van der Waals surface area contributed by atoms with Crippen LogP contribution in [0.5, 0.6) is 0 Å². The molecule has 0 fully saturated rings. The number of hydrogen-bond donors (Lipinski definition) is 1. The van der Waals surface area contributed by atoms with Crippen molar-refractivity contribution in [2.24, 2.45) is 5.41 Å². The highest BCUT2D eigenvalue weighted by Gasteiger charge is 2.20. The van der Waals surface area contributed by atoms with Gasteiger partial charge in [0.05, 0.1) is 0 Å². The van der Waals surface area contributed by atoms with Gasteiger partial charge >= 0.3 is 0 Å². The van der Waals surface area contributed by atoms with Crippen LogP contribution in [0.2, 0.25) is 0 Å². The second-order valence-corrected chi connectivity index (χ2v) is 7.72. The summed E-state index contributed by atoms with van der Waals surface area (Å²) in [5.41, 5.74) is 0.0983. The first-order valence-corrected chi connectivity index (χ1v) is 7.71. The second-order valence-electron chi connectivity index (χ2n) is 6.91. The van der Waals surface area contributed by atoms with Gasteiger partial charge in [0.1, 0.15) is 16.2 Å². The Hall–Kier alpha value is -0.680. The van der Waals surface area contributed by atoms with Crippen molar-refractivity contribution in [1.82, 2.24) is 9.97 Å². The SMILES string of the molecule is COCCC(C)(C)CNc1cc(Br)nc(C(C)(C)C)n1. The van der Waals surface area contributed by atoms with Crippen LogP contribution in [0.4, 0.5) is 5.82 Å². The first-order chi connectivity index (χ1) is 9.14. The largest absolute Gasteiger partial charge is 0.385 e. The molecule has 0 radical (unpaired) electrons. The van der Waals surface area contributed by atoms with Crippen LogP contribution < -0.4 is 5.32 Å². The fraction of sp³-hybridized carbons (Fsp3) is 0.733. The van der Waals surface area contributed by atoms with Crippen molar-refractivity contribution in [3.8, 4) is 0 Å². The van der Waals surface area contributed by atoms with Crippen LogP contribution in [0.25, 0.3) is 0 Å². The molecule has 0 saturated heterocycles. The summed E-state index contributed by atoms with van der Waals surface area (Å²) in [6.45, 7) is 12.4. The Morgan fingerprint density at radius 3 is 2.40 bits per heavy atom. The summed E-state index contributed by atoms with van der Waals surface area (Å²) in [7, 11) is 1.74. The van der Waals surface area contributed by atoms with Crippen molar-refractivity contribution in [3.05, 3.63) is 16.5 Å². The lowest BCUT2D eigenvalue weighted by atomic mass is 9.90. The van der Waals surface area contributed by atoms with E-state index in [0.29, 0.717) is 0 Å². The van der Waals surface area contributed by atoms with E-state index in [2.05, 4.69) is 65.8 Å². The average molecular weight is 344 g/mol. The van der Waals surface area contributed by atoms with E-state index in [1.165, 1.54) is 0 Å². The lowest BCUT2D eigenvalue weighted by Crippen LogP contribution is -2.25. The van der Waals surface area contributed by atoms with Gasteiger partial charge in [-0.05, 0) is 27.8 Å². The number of methoxy groups -OCH3 is 1. The zero-order valence-corrected chi connectivity index (χ0v) is 15.0. The molecule has 0 amide bonds. The maximum atomic E-state index is 5.15. The van der Waals surface area contributed by atoms with Crippen LogP contribution in [-0.2, 0) is 10.2 Å². The van der Waals surface area contributed by atoms with E-state index in [9.17, 15) is 0 Å². The van der Waals surface area contributed by atoms with E-state index in [0.717, 1.165) is 35.8 Å². The molecule has 1 rings (SSSR count). The van der Waals surface area contributed by atoms with Crippen LogP contribution in [-0.4, -0.2) is 30.2 Å². The molecule has 4 nitrogen and oxygen atoms in total. The van der Waals surface area contributed by atoms with E-state index >= 15 is 0 Å². The highest BCUT2D eigenvalue weighted by molar-refractivity contribution is 9.10. The van der Waals surface area contributed by atoms with Crippen LogP contribution in [0.3, 0.4) is 0 Å². The van der Waals surface area contributed by atoms with Crippen molar-refractivity contribution in [3.63, 3.8) is 0 Å². The van der Waals surface area contributed by atoms with Crippen molar-refractivity contribution < 1.29 is 4.74 Å². The Bertz CT molecular complexity index is 441. The Morgan fingerprint density at radius 2 is 1.85 bits per heavy atom. The molecule has 0 aromatic carbocycles. The fourth-order valence-corrected chi connectivity index (χ4v) is 2.02. The highest BCUT2D eigenvalue weighted by atomic mass is 79.9. The molecular formula is C15H26BrN3O. The maximum Gasteiger partial charge on any atom is 0.137 e. The van der Waals surface area contributed by atoms with E-state index in [1.54, 1.807) is 7.11 Å². The number of ether oxygens (including phenoxy) is 1. The molecule has 1 aromatic rings. The smallest absolute Gasteiger partial charge is 0.137 e. The predicted octanol–water partition coefficient (Wildman–Crippen LogP) is 4.01. The molecule has 1 N–H and O–H groups in total. The Balaban J connectivity index is 2.76. The number of hydrogen-bond acceptors (Lipinski definition) is 4. The molecule has 0 aliphatic rings. The summed E-state index contributed by atoms with van der Waals surface area (Å²) in [5.74, 6) is 1.70. The zero-order chi connectivity index (χ0) is 15.4. The zero-order valence-electron chi connectivity index (χ0n) is 13.4. The molecule has 0 aliphatic carbocycles. The molecule has 0 spiro atoms. The summed E-state index contributed by atoms with van der Waals surface area (Å²) in [6, 6.07) is 1.92. The Morgan fingerprint density at radius 1 is 1.20 bits per heavy atom. The van der Waals surface area contributed by atoms with Crippen molar-refractivity contribution in [2.75, 3.05) is 25.6 Å². The van der Waals surface area contributed by atoms with Gasteiger partial charge in [-0.3, -0.25) is 0 Å². The first kappa shape index (κ1) is 17.4. The number of anilines is 1. The van der Waals surface area contributed by atoms with Gasteiger partial charge in [-0.25, -0.2) is 9.97 Å². The second kappa shape index (κ2) is 6.85. The van der Waals surface area contributed by atoms with Gasteiger partial charge < -0.3 is 10.1 Å². The number of aromatic nitrogens is 2. The lowest BCUT2D eigenvalue weighted by Gasteiger charge is -2.25. The Labute approximate surface area is 130 Å². The lowest BCUT2D eigenvalue weighted by molar-refractivity contribution is 0.157. The van der Waals surface area contributed by atoms with Gasteiger partial charge in [0, 0.05) is 31.7 Å². The van der Waals surface area contributed by atoms with Gasteiger partial charge in [0.2, 0.25) is 0 Å². The van der Waals surface area contributed by atoms with Gasteiger partial charge in [0.25, 0.3) is 0 Å². The van der Waals surface area contributed by atoms with Crippen molar-refractivity contribution in [1.29, 1.82) is 0 Å². The molecule has 5 heteroatoms. The normalized spacial score (nSPS) is 12.6. The number of nitrogens with one attached hydrogen (secondary N) is 1. The van der Waals surface area contributed by atoms with Crippen molar-refractivity contribution >= 4 is 21.7 Å². The summed E-state index contributed by atoms with van der Waals surface area (Å²) >= 11 is 3.46. The van der Waals surface area contributed by atoms with E-state index in [4.69, 9.17) is 4.74 Å². The third-order valence-corrected chi connectivity index (χ3v) is 3.50. The third kappa shape index (κ3) is 5.75.